The summed E-state index contributed by atoms with van der Waals surface area (Å²) in [6, 6.07) is -0.570. The van der Waals surface area contributed by atoms with Crippen LogP contribution < -0.4 is 16.8 Å². The smallest absolute Gasteiger partial charge is 0.415 e. The van der Waals surface area contributed by atoms with Gasteiger partial charge in [0.05, 0.1) is 0 Å². The summed E-state index contributed by atoms with van der Waals surface area (Å²) in [6.45, 7) is 3.94. The van der Waals surface area contributed by atoms with E-state index in [0.717, 1.165) is 25.8 Å². The number of primary amides is 1. The minimum absolute atomic E-state index is 0.151. The van der Waals surface area contributed by atoms with Crippen LogP contribution in [-0.2, 0) is 0 Å². The number of rotatable bonds is 21. The van der Waals surface area contributed by atoms with Crippen LogP contribution in [0, 0.1) is 0 Å². The zero-order valence-corrected chi connectivity index (χ0v) is 19.4. The second-order valence-corrected chi connectivity index (χ2v) is 8.39. The van der Waals surface area contributed by atoms with Gasteiger partial charge >= 0.3 is 12.1 Å². The number of nitrogens with zero attached hydrogens (tertiary/aromatic N) is 1. The lowest BCUT2D eigenvalue weighted by molar-refractivity contribution is 0.150. The van der Waals surface area contributed by atoms with E-state index in [2.05, 4.69) is 12.2 Å². The number of urea groups is 1. The monoisotopic (exact) mass is 428 g/mol. The number of hydrogen-bond acceptors (Lipinski definition) is 4. The molecule has 178 valence electrons. The van der Waals surface area contributed by atoms with Crippen molar-refractivity contribution in [1.82, 2.24) is 10.2 Å². The molecule has 0 saturated heterocycles. The molecule has 0 aliphatic carbocycles. The summed E-state index contributed by atoms with van der Waals surface area (Å²) in [4.78, 5) is 22.9. The van der Waals surface area contributed by atoms with E-state index in [1.54, 1.807) is 0 Å². The minimum Gasteiger partial charge on any atom is -0.465 e. The summed E-state index contributed by atoms with van der Waals surface area (Å²) in [6.07, 6.45) is 18.2. The summed E-state index contributed by atoms with van der Waals surface area (Å²) >= 11 is 0. The molecule has 0 heterocycles. The van der Waals surface area contributed by atoms with Gasteiger partial charge in [-0.2, -0.15) is 0 Å². The molecule has 0 aliphatic rings. The second-order valence-electron chi connectivity index (χ2n) is 8.39. The van der Waals surface area contributed by atoms with Crippen LogP contribution in [0.25, 0.3) is 0 Å². The van der Waals surface area contributed by atoms with Gasteiger partial charge in [-0.3, -0.25) is 0 Å². The fraction of sp³-hybridized carbons (Fsp3) is 0.913. The topological polar surface area (TPSA) is 122 Å². The van der Waals surface area contributed by atoms with Crippen molar-refractivity contribution < 1.29 is 14.7 Å². The van der Waals surface area contributed by atoms with Crippen LogP contribution in [0.2, 0.25) is 0 Å². The van der Waals surface area contributed by atoms with Crippen molar-refractivity contribution in [2.24, 2.45) is 11.5 Å². The van der Waals surface area contributed by atoms with Gasteiger partial charge in [0, 0.05) is 12.6 Å². The molecule has 3 amide bonds. The maximum Gasteiger partial charge on any atom is 0.415 e. The maximum absolute atomic E-state index is 11.2. The molecule has 30 heavy (non-hydrogen) atoms. The molecular weight excluding hydrogens is 380 g/mol. The van der Waals surface area contributed by atoms with E-state index in [9.17, 15) is 9.59 Å². The van der Waals surface area contributed by atoms with Crippen molar-refractivity contribution in [3.63, 3.8) is 0 Å². The Morgan fingerprint density at radius 3 is 1.80 bits per heavy atom. The first-order chi connectivity index (χ1) is 14.5. The van der Waals surface area contributed by atoms with Gasteiger partial charge < -0.3 is 21.9 Å². The third-order valence-corrected chi connectivity index (χ3v) is 5.65. The van der Waals surface area contributed by atoms with Crippen molar-refractivity contribution in [1.29, 1.82) is 0 Å². The molecule has 0 fully saturated rings. The van der Waals surface area contributed by atoms with E-state index in [4.69, 9.17) is 16.6 Å². The van der Waals surface area contributed by atoms with Crippen LogP contribution in [0.4, 0.5) is 9.59 Å². The van der Waals surface area contributed by atoms with E-state index in [1.807, 2.05) is 0 Å². The predicted octanol–water partition coefficient (Wildman–Crippen LogP) is 5.22. The molecule has 0 aromatic heterocycles. The summed E-state index contributed by atoms with van der Waals surface area (Å²) in [5, 5.41) is 12.5. The Bertz CT molecular complexity index is 407. The fourth-order valence-corrected chi connectivity index (χ4v) is 3.78. The molecule has 0 spiro atoms. The zero-order chi connectivity index (χ0) is 22.5. The first-order valence-electron chi connectivity index (χ1n) is 12.3. The van der Waals surface area contributed by atoms with Crippen LogP contribution in [0.3, 0.4) is 0 Å². The van der Waals surface area contributed by atoms with Crippen LogP contribution in [0.5, 0.6) is 0 Å². The Morgan fingerprint density at radius 2 is 1.33 bits per heavy atom. The number of carbonyl (C=O) groups excluding carboxylic acids is 1. The normalized spacial score (nSPS) is 12.1. The average Bonchev–Trinajstić information content (AvgIpc) is 2.70. The highest BCUT2D eigenvalue weighted by molar-refractivity contribution is 5.88. The molecule has 1 atom stereocenters. The maximum atomic E-state index is 11.2. The number of carboxylic acid groups (broad SMARTS) is 1. The molecule has 0 bridgehead atoms. The highest BCUT2D eigenvalue weighted by atomic mass is 16.4. The van der Waals surface area contributed by atoms with Gasteiger partial charge in [-0.1, -0.05) is 84.0 Å². The number of nitrogens with one attached hydrogen (secondary N) is 1. The highest BCUT2D eigenvalue weighted by Crippen LogP contribution is 2.14. The minimum atomic E-state index is -1.28. The fourth-order valence-electron chi connectivity index (χ4n) is 3.78. The van der Waals surface area contributed by atoms with Crippen molar-refractivity contribution >= 4 is 12.1 Å². The van der Waals surface area contributed by atoms with Crippen molar-refractivity contribution in [2.45, 2.75) is 116 Å². The quantitative estimate of drug-likeness (QED) is 0.187. The van der Waals surface area contributed by atoms with E-state index < -0.39 is 12.1 Å². The second kappa shape index (κ2) is 20.9. The lowest BCUT2D eigenvalue weighted by atomic mass is 10.0. The molecule has 0 rings (SSSR count). The molecule has 0 saturated carbocycles. The Morgan fingerprint density at radius 1 is 0.833 bits per heavy atom. The molecule has 6 N–H and O–H groups in total. The Kier molecular flexibility index (Phi) is 20.0. The summed E-state index contributed by atoms with van der Waals surface area (Å²) in [5.74, 6) is 0. The van der Waals surface area contributed by atoms with Gasteiger partial charge in [0.2, 0.25) is 0 Å². The zero-order valence-electron chi connectivity index (χ0n) is 19.4. The van der Waals surface area contributed by atoms with E-state index >= 15 is 0 Å². The summed E-state index contributed by atoms with van der Waals surface area (Å²) < 4.78 is 0. The van der Waals surface area contributed by atoms with Crippen LogP contribution in [0.1, 0.15) is 110 Å². The first-order valence-corrected chi connectivity index (χ1v) is 12.3. The van der Waals surface area contributed by atoms with Crippen molar-refractivity contribution in [3.05, 3.63) is 0 Å². The average molecular weight is 429 g/mol. The van der Waals surface area contributed by atoms with Crippen molar-refractivity contribution in [3.8, 4) is 0 Å². The van der Waals surface area contributed by atoms with E-state index in [-0.39, 0.29) is 6.54 Å². The van der Waals surface area contributed by atoms with E-state index in [0.29, 0.717) is 23.9 Å². The first kappa shape index (κ1) is 28.7. The summed E-state index contributed by atoms with van der Waals surface area (Å²) in [7, 11) is 0. The van der Waals surface area contributed by atoms with E-state index in [1.165, 1.54) is 77.0 Å². The molecule has 7 heteroatoms. The highest BCUT2D eigenvalue weighted by Gasteiger charge is 2.17. The van der Waals surface area contributed by atoms with Gasteiger partial charge in [0.15, 0.2) is 0 Å². The number of hydrogen-bond donors (Lipinski definition) is 4. The summed E-state index contributed by atoms with van der Waals surface area (Å²) in [5.41, 5.74) is 10.7. The number of carbonyl (C=O) groups is 2. The van der Waals surface area contributed by atoms with Gasteiger partial charge in [0.1, 0.15) is 0 Å². The number of nitrogens with two attached hydrogens (primary N) is 2. The van der Waals surface area contributed by atoms with Crippen LogP contribution in [-0.4, -0.2) is 47.8 Å². The molecule has 0 radical (unpaired) electrons. The third-order valence-electron chi connectivity index (χ3n) is 5.65. The Labute approximate surface area is 184 Å². The Hall–Kier alpha value is -1.34. The van der Waals surface area contributed by atoms with Gasteiger partial charge in [0.25, 0.3) is 0 Å². The predicted molar refractivity (Wildman–Crippen MR) is 125 cm³/mol. The van der Waals surface area contributed by atoms with Crippen molar-refractivity contribution in [2.75, 3.05) is 19.6 Å². The van der Waals surface area contributed by atoms with Gasteiger partial charge in [-0.05, 0) is 38.8 Å². The number of amides is 3. The largest absolute Gasteiger partial charge is 0.465 e. The van der Waals surface area contributed by atoms with Gasteiger partial charge in [-0.25, -0.2) is 14.5 Å². The van der Waals surface area contributed by atoms with Gasteiger partial charge in [-0.15, -0.1) is 0 Å². The number of imide groups is 1. The lowest BCUT2D eigenvalue weighted by Crippen LogP contribution is -2.41. The Balaban J connectivity index is 3.87. The molecule has 0 aromatic rings. The molecule has 0 aromatic carbocycles. The SMILES string of the molecule is CCCCCCCCCCCCCCC(CCCN(C(N)=O)C(=O)O)NCCCN. The standard InChI is InChI=1S/C23H48N4O3/c1-2-3-4-5-6-7-8-9-10-11-12-13-16-21(26-19-15-18-24)17-14-20-27(22(25)28)23(29)30/h21,26H,2-20,24H2,1H3,(H2,25,28)(H,29,30). The lowest BCUT2D eigenvalue weighted by Gasteiger charge is -2.20. The molecule has 1 unspecified atom stereocenters. The number of unbranched alkanes of at least 4 members (excludes halogenated alkanes) is 11. The van der Waals surface area contributed by atoms with Crippen LogP contribution in [0.15, 0.2) is 0 Å². The third kappa shape index (κ3) is 17.5. The molecular formula is C23H48N4O3. The molecule has 7 nitrogen and oxygen atoms in total. The molecule has 0 aliphatic heterocycles. The van der Waals surface area contributed by atoms with Crippen LogP contribution >= 0.6 is 0 Å².